The quantitative estimate of drug-likeness (QED) is 0.436. The van der Waals surface area contributed by atoms with Crippen molar-refractivity contribution < 1.29 is 0 Å². The number of rotatable bonds is 7. The molecule has 1 fully saturated rings. The normalized spacial score (nSPS) is 19.4. The summed E-state index contributed by atoms with van der Waals surface area (Å²) in [5.41, 5.74) is 8.42. The second-order valence-electron chi connectivity index (χ2n) is 10.2. The molecule has 0 radical (unpaired) electrons. The zero-order valence-electron chi connectivity index (χ0n) is 19.4. The summed E-state index contributed by atoms with van der Waals surface area (Å²) in [5.74, 6) is 1.14. The van der Waals surface area contributed by atoms with Crippen LogP contribution >= 0.6 is 0 Å². The fourth-order valence-corrected chi connectivity index (χ4v) is 4.47. The number of hydrogen-bond acceptors (Lipinski definition) is 1. The van der Waals surface area contributed by atoms with Crippen LogP contribution in [0.25, 0.3) is 5.57 Å². The van der Waals surface area contributed by atoms with Crippen molar-refractivity contribution in [3.63, 3.8) is 0 Å². The summed E-state index contributed by atoms with van der Waals surface area (Å²) >= 11 is 0. The molecule has 0 bridgehead atoms. The fraction of sp³-hybridized carbons (Fsp3) is 0.556. The molecule has 0 saturated heterocycles. The van der Waals surface area contributed by atoms with Crippen LogP contribution in [0.15, 0.2) is 54.3 Å². The lowest BCUT2D eigenvalue weighted by molar-refractivity contribution is 0.312. The Kier molecular flexibility index (Phi) is 7.37. The highest BCUT2D eigenvalue weighted by atomic mass is 15.1. The highest BCUT2D eigenvalue weighted by molar-refractivity contribution is 5.66. The zero-order valence-corrected chi connectivity index (χ0v) is 19.4. The van der Waals surface area contributed by atoms with Crippen LogP contribution in [0.1, 0.15) is 78.4 Å². The van der Waals surface area contributed by atoms with E-state index in [4.69, 9.17) is 0 Å². The van der Waals surface area contributed by atoms with Gasteiger partial charge < -0.3 is 4.90 Å². The summed E-state index contributed by atoms with van der Waals surface area (Å²) in [6.45, 7) is 23.4. The average Bonchev–Trinajstić information content (AvgIpc) is 3.09. The molecule has 1 aromatic carbocycles. The van der Waals surface area contributed by atoms with Crippen LogP contribution in [0.4, 0.5) is 0 Å². The molecule has 28 heavy (non-hydrogen) atoms. The van der Waals surface area contributed by atoms with E-state index < -0.39 is 0 Å². The van der Waals surface area contributed by atoms with E-state index in [0.717, 1.165) is 13.0 Å². The number of hydrogen-bond donors (Lipinski definition) is 0. The first-order valence-electron chi connectivity index (χ1n) is 10.8. The molecule has 0 aromatic heterocycles. The van der Waals surface area contributed by atoms with Crippen molar-refractivity contribution >= 4 is 5.57 Å². The van der Waals surface area contributed by atoms with Crippen LogP contribution in [0.3, 0.4) is 0 Å². The number of allylic oxidation sites excluding steroid dienone is 4. The monoisotopic (exact) mass is 379 g/mol. The predicted molar refractivity (Wildman–Crippen MR) is 125 cm³/mol. The minimum Gasteiger partial charge on any atom is -0.374 e. The van der Waals surface area contributed by atoms with Gasteiger partial charge in [0.15, 0.2) is 0 Å². The van der Waals surface area contributed by atoms with Crippen molar-refractivity contribution in [1.82, 2.24) is 4.90 Å². The van der Waals surface area contributed by atoms with Crippen molar-refractivity contribution in [2.45, 2.75) is 73.8 Å². The standard InChI is InChI=1S/C27H41N/c1-19(2)21(4)24-15-13-23(14-16-24)18-28(9)22(5)26-12-10-11-25(26)20(3)17-27(6,7)8/h13-16,25-26H,3,5,10-12,17-18H2,1-2,4,6-9H3. The summed E-state index contributed by atoms with van der Waals surface area (Å²) in [6.07, 6.45) is 4.91. The zero-order chi connectivity index (χ0) is 21.1. The van der Waals surface area contributed by atoms with Gasteiger partial charge in [-0.15, -0.1) is 0 Å². The van der Waals surface area contributed by atoms with Gasteiger partial charge in [-0.2, -0.15) is 0 Å². The Morgan fingerprint density at radius 1 is 1.00 bits per heavy atom. The van der Waals surface area contributed by atoms with Gasteiger partial charge in [0.05, 0.1) is 0 Å². The van der Waals surface area contributed by atoms with E-state index in [1.165, 1.54) is 52.8 Å². The van der Waals surface area contributed by atoms with Crippen LogP contribution in [0.5, 0.6) is 0 Å². The molecule has 1 aromatic rings. The molecule has 0 N–H and O–H groups in total. The largest absolute Gasteiger partial charge is 0.374 e. The molecule has 0 aliphatic heterocycles. The Labute approximate surface area is 174 Å². The fourth-order valence-electron chi connectivity index (χ4n) is 4.47. The third kappa shape index (κ3) is 5.87. The SMILES string of the molecule is C=C(CC(C)(C)C)C1CCCC1C(=C)N(C)Cc1ccc(C(C)=C(C)C)cc1. The van der Waals surface area contributed by atoms with Gasteiger partial charge in [-0.25, -0.2) is 0 Å². The summed E-state index contributed by atoms with van der Waals surface area (Å²) in [5, 5.41) is 0. The molecule has 0 amide bonds. The molecule has 2 unspecified atom stereocenters. The Morgan fingerprint density at radius 3 is 2.11 bits per heavy atom. The molecular weight excluding hydrogens is 338 g/mol. The van der Waals surface area contributed by atoms with Crippen LogP contribution in [-0.4, -0.2) is 11.9 Å². The number of benzene rings is 1. The Bertz CT molecular complexity index is 723. The lowest BCUT2D eigenvalue weighted by atomic mass is 9.79. The molecule has 2 atom stereocenters. The summed E-state index contributed by atoms with van der Waals surface area (Å²) < 4.78 is 0. The van der Waals surface area contributed by atoms with Gasteiger partial charge in [0, 0.05) is 25.2 Å². The highest BCUT2D eigenvalue weighted by Gasteiger charge is 2.33. The van der Waals surface area contributed by atoms with E-state index in [0.29, 0.717) is 17.3 Å². The summed E-state index contributed by atoms with van der Waals surface area (Å²) in [6, 6.07) is 9.02. The summed E-state index contributed by atoms with van der Waals surface area (Å²) in [4.78, 5) is 2.36. The van der Waals surface area contributed by atoms with Crippen molar-refractivity contribution in [3.8, 4) is 0 Å². The van der Waals surface area contributed by atoms with Gasteiger partial charge in [-0.3, -0.25) is 0 Å². The van der Waals surface area contributed by atoms with Crippen molar-refractivity contribution in [2.24, 2.45) is 17.3 Å². The molecule has 0 heterocycles. The molecule has 154 valence electrons. The van der Waals surface area contributed by atoms with E-state index in [2.05, 4.69) is 90.9 Å². The van der Waals surface area contributed by atoms with E-state index in [1.54, 1.807) is 0 Å². The number of nitrogens with zero attached hydrogens (tertiary/aromatic N) is 1. The molecular formula is C27H41N. The van der Waals surface area contributed by atoms with Gasteiger partial charge >= 0.3 is 0 Å². The lowest BCUT2D eigenvalue weighted by Crippen LogP contribution is -2.26. The van der Waals surface area contributed by atoms with Gasteiger partial charge in [-0.05, 0) is 68.1 Å². The van der Waals surface area contributed by atoms with Gasteiger partial charge in [-0.1, -0.05) is 75.8 Å². The molecule has 2 rings (SSSR count). The Hall–Kier alpha value is -1.76. The van der Waals surface area contributed by atoms with Crippen LogP contribution in [-0.2, 0) is 6.54 Å². The van der Waals surface area contributed by atoms with Crippen molar-refractivity contribution in [2.75, 3.05) is 7.05 Å². The van der Waals surface area contributed by atoms with E-state index in [-0.39, 0.29) is 0 Å². The van der Waals surface area contributed by atoms with Crippen molar-refractivity contribution in [1.29, 1.82) is 0 Å². The first-order valence-corrected chi connectivity index (χ1v) is 10.8. The van der Waals surface area contributed by atoms with Gasteiger partial charge in [0.25, 0.3) is 0 Å². The molecule has 1 heteroatoms. The smallest absolute Gasteiger partial charge is 0.0423 e. The van der Waals surface area contributed by atoms with Gasteiger partial charge in [0.2, 0.25) is 0 Å². The van der Waals surface area contributed by atoms with Crippen LogP contribution in [0, 0.1) is 17.3 Å². The molecule has 1 aliphatic carbocycles. The van der Waals surface area contributed by atoms with Crippen LogP contribution in [0.2, 0.25) is 0 Å². The minimum absolute atomic E-state index is 0.308. The molecule has 0 spiro atoms. The van der Waals surface area contributed by atoms with Crippen LogP contribution < -0.4 is 0 Å². The second-order valence-corrected chi connectivity index (χ2v) is 10.2. The van der Waals surface area contributed by atoms with E-state index in [9.17, 15) is 0 Å². The van der Waals surface area contributed by atoms with Crippen molar-refractivity contribution in [3.05, 3.63) is 65.4 Å². The highest BCUT2D eigenvalue weighted by Crippen LogP contribution is 2.44. The van der Waals surface area contributed by atoms with E-state index in [1.807, 2.05) is 0 Å². The molecule has 1 nitrogen and oxygen atoms in total. The third-order valence-corrected chi connectivity index (χ3v) is 6.27. The Balaban J connectivity index is 2.03. The maximum absolute atomic E-state index is 4.51. The minimum atomic E-state index is 0.308. The third-order valence-electron chi connectivity index (χ3n) is 6.27. The summed E-state index contributed by atoms with van der Waals surface area (Å²) in [7, 11) is 2.19. The van der Waals surface area contributed by atoms with E-state index >= 15 is 0 Å². The maximum atomic E-state index is 4.51. The second kappa shape index (κ2) is 9.16. The molecule has 1 aliphatic rings. The maximum Gasteiger partial charge on any atom is 0.0423 e. The lowest BCUT2D eigenvalue weighted by Gasteiger charge is -2.32. The average molecular weight is 380 g/mol. The topological polar surface area (TPSA) is 3.24 Å². The van der Waals surface area contributed by atoms with Gasteiger partial charge in [0.1, 0.15) is 0 Å². The predicted octanol–water partition coefficient (Wildman–Crippen LogP) is 7.85. The first kappa shape index (κ1) is 22.5. The Morgan fingerprint density at radius 2 is 1.57 bits per heavy atom. The molecule has 1 saturated carbocycles. The first-order chi connectivity index (χ1) is 13.0.